The number of hydrogen-bond donors (Lipinski definition) is 6. The van der Waals surface area contributed by atoms with Crippen LogP contribution >= 0.6 is 0 Å². The van der Waals surface area contributed by atoms with Crippen LogP contribution in [0, 0.1) is 18.3 Å². The summed E-state index contributed by atoms with van der Waals surface area (Å²) >= 11 is 0. The molecule has 0 unspecified atom stereocenters. The second-order valence-electron chi connectivity index (χ2n) is 12.5. The van der Waals surface area contributed by atoms with Crippen LogP contribution in [0.1, 0.15) is 64.5 Å². The van der Waals surface area contributed by atoms with E-state index >= 15 is 0 Å². The number of carbonyl (C=O) groups is 2. The van der Waals surface area contributed by atoms with Crippen molar-refractivity contribution < 1.29 is 34.0 Å². The zero-order valence-electron chi connectivity index (χ0n) is 26.8. The van der Waals surface area contributed by atoms with Crippen molar-refractivity contribution in [2.75, 3.05) is 39.4 Å². The first-order chi connectivity index (χ1) is 20.8. The monoisotopic (exact) mass is 617 g/mol. The third-order valence-corrected chi connectivity index (χ3v) is 7.93. The molecular formula is C32H51N5O7. The van der Waals surface area contributed by atoms with Gasteiger partial charge in [0.25, 0.3) is 0 Å². The van der Waals surface area contributed by atoms with Crippen molar-refractivity contribution >= 4 is 17.7 Å². The Morgan fingerprint density at radius 3 is 2.59 bits per heavy atom. The number of aliphatic hydroxyl groups excluding tert-OH is 2. The molecule has 0 saturated carbocycles. The molecule has 3 rings (SSSR count). The maximum atomic E-state index is 12.8. The van der Waals surface area contributed by atoms with E-state index in [0.717, 1.165) is 24.2 Å². The molecule has 0 aromatic heterocycles. The van der Waals surface area contributed by atoms with Crippen molar-refractivity contribution in [1.29, 1.82) is 5.41 Å². The molecule has 7 N–H and O–H groups in total. The zero-order valence-corrected chi connectivity index (χ0v) is 26.8. The number of nitrogens with zero attached hydrogens (tertiary/aromatic N) is 1. The number of aliphatic hydroxyl groups is 2. The number of allylic oxidation sites excluding steroid dienone is 1. The van der Waals surface area contributed by atoms with E-state index in [0.29, 0.717) is 56.0 Å². The van der Waals surface area contributed by atoms with Gasteiger partial charge in [0.1, 0.15) is 11.3 Å². The lowest BCUT2D eigenvalue weighted by Crippen LogP contribution is -2.59. The van der Waals surface area contributed by atoms with Crippen molar-refractivity contribution in [3.05, 3.63) is 40.6 Å². The van der Waals surface area contributed by atoms with E-state index in [2.05, 4.69) is 10.6 Å². The van der Waals surface area contributed by atoms with Gasteiger partial charge in [-0.25, -0.2) is 0 Å². The standard InChI is InChI=1S/C32H51N5O7/c1-20(2)29(33)26(30(34)44-28-18-23(39)17-25(19-38)43-28)16-22-8-9-24(15-21(22)3)42-14-6-7-27(40)36-32(4,5)31(41)37-12-10-35-11-13-37/h8-9,15,20,23,25,28,34-35,38-39H,6-7,10-14,16-19,33H2,1-5H3,(H,36,40)/b29-26-,34-30?/t23-,25-,28-/m0/s1. The number of aryl methyl sites for hydroxylation is 1. The van der Waals surface area contributed by atoms with Crippen LogP contribution in [0.15, 0.2) is 29.5 Å². The van der Waals surface area contributed by atoms with Crippen LogP contribution in [-0.2, 0) is 25.5 Å². The molecule has 2 heterocycles. The first-order valence-electron chi connectivity index (χ1n) is 15.5. The van der Waals surface area contributed by atoms with Crippen LogP contribution in [0.2, 0.25) is 0 Å². The summed E-state index contributed by atoms with van der Waals surface area (Å²) in [6, 6.07) is 5.67. The van der Waals surface area contributed by atoms with Crippen LogP contribution in [0.5, 0.6) is 5.75 Å². The van der Waals surface area contributed by atoms with Crippen LogP contribution in [0.4, 0.5) is 0 Å². The summed E-state index contributed by atoms with van der Waals surface area (Å²) in [5, 5.41) is 34.3. The molecule has 0 radical (unpaired) electrons. The van der Waals surface area contributed by atoms with Gasteiger partial charge in [-0.05, 0) is 56.4 Å². The van der Waals surface area contributed by atoms with Crippen molar-refractivity contribution in [2.24, 2.45) is 11.7 Å². The maximum Gasteiger partial charge on any atom is 0.247 e. The number of ether oxygens (including phenoxy) is 3. The minimum Gasteiger partial charge on any atom is -0.494 e. The minimum absolute atomic E-state index is 0.0251. The second-order valence-corrected chi connectivity index (χ2v) is 12.5. The average Bonchev–Trinajstić information content (AvgIpc) is 2.97. The lowest BCUT2D eigenvalue weighted by Gasteiger charge is -2.35. The number of amides is 2. The fraction of sp³-hybridized carbons (Fsp3) is 0.656. The summed E-state index contributed by atoms with van der Waals surface area (Å²) in [4.78, 5) is 27.2. The van der Waals surface area contributed by atoms with Crippen LogP contribution in [0.25, 0.3) is 0 Å². The van der Waals surface area contributed by atoms with E-state index < -0.39 is 24.0 Å². The molecule has 0 spiro atoms. The topological polar surface area (TPSA) is 179 Å². The van der Waals surface area contributed by atoms with Gasteiger partial charge in [-0.1, -0.05) is 19.9 Å². The van der Waals surface area contributed by atoms with Crippen molar-refractivity contribution in [2.45, 2.75) is 90.8 Å². The van der Waals surface area contributed by atoms with Crippen molar-refractivity contribution in [3.8, 4) is 5.75 Å². The Morgan fingerprint density at radius 1 is 1.25 bits per heavy atom. The van der Waals surface area contributed by atoms with Gasteiger partial charge in [0.05, 0.1) is 25.4 Å². The number of rotatable bonds is 13. The summed E-state index contributed by atoms with van der Waals surface area (Å²) in [7, 11) is 0. The van der Waals surface area contributed by atoms with Crippen LogP contribution in [0.3, 0.4) is 0 Å². The highest BCUT2D eigenvalue weighted by Crippen LogP contribution is 2.26. The molecule has 246 valence electrons. The molecule has 2 aliphatic heterocycles. The van der Waals surface area contributed by atoms with Crippen molar-refractivity contribution in [3.63, 3.8) is 0 Å². The number of benzene rings is 1. The SMILES string of the molecule is Cc1cc(OCCCC(=O)NC(C)(C)C(=O)N2CCNCC2)ccc1C/C(C(=N)O[C@H]1C[C@@H](O)C[C@@H](CO)O1)=C(/N)C(C)C. The van der Waals surface area contributed by atoms with E-state index in [4.69, 9.17) is 25.4 Å². The molecule has 12 heteroatoms. The molecule has 2 amide bonds. The molecular weight excluding hydrogens is 566 g/mol. The Labute approximate surface area is 260 Å². The smallest absolute Gasteiger partial charge is 0.247 e. The Bertz CT molecular complexity index is 1180. The highest BCUT2D eigenvalue weighted by atomic mass is 16.7. The predicted molar refractivity (Wildman–Crippen MR) is 167 cm³/mol. The third-order valence-electron chi connectivity index (χ3n) is 7.93. The number of piperazine rings is 1. The molecule has 2 aliphatic rings. The van der Waals surface area contributed by atoms with E-state index in [1.807, 2.05) is 39.0 Å². The number of hydrogen-bond acceptors (Lipinski definition) is 10. The van der Waals surface area contributed by atoms with E-state index in [-0.39, 0.29) is 43.1 Å². The van der Waals surface area contributed by atoms with Gasteiger partial charge in [0, 0.05) is 63.1 Å². The van der Waals surface area contributed by atoms with E-state index in [1.165, 1.54) is 0 Å². The fourth-order valence-electron chi connectivity index (χ4n) is 5.30. The highest BCUT2D eigenvalue weighted by molar-refractivity contribution is 5.92. The molecule has 2 fully saturated rings. The van der Waals surface area contributed by atoms with Gasteiger partial charge in [-0.3, -0.25) is 15.0 Å². The second kappa shape index (κ2) is 16.2. The number of nitrogens with two attached hydrogens (primary N) is 1. The first-order valence-corrected chi connectivity index (χ1v) is 15.5. The Balaban J connectivity index is 1.53. The molecule has 2 saturated heterocycles. The first kappa shape index (κ1) is 35.3. The zero-order chi connectivity index (χ0) is 32.4. The van der Waals surface area contributed by atoms with Gasteiger partial charge < -0.3 is 45.7 Å². The van der Waals surface area contributed by atoms with Gasteiger partial charge in [0.15, 0.2) is 0 Å². The lowest BCUT2D eigenvalue weighted by atomic mass is 9.95. The molecule has 44 heavy (non-hydrogen) atoms. The maximum absolute atomic E-state index is 12.8. The normalized spacial score (nSPS) is 21.5. The average molecular weight is 618 g/mol. The van der Waals surface area contributed by atoms with Crippen LogP contribution < -0.4 is 21.1 Å². The van der Waals surface area contributed by atoms with Gasteiger partial charge in [-0.2, -0.15) is 0 Å². The van der Waals surface area contributed by atoms with Gasteiger partial charge in [-0.15, -0.1) is 0 Å². The van der Waals surface area contributed by atoms with E-state index in [1.54, 1.807) is 18.7 Å². The summed E-state index contributed by atoms with van der Waals surface area (Å²) < 4.78 is 17.4. The number of carbonyl (C=O) groups excluding carboxylic acids is 2. The lowest BCUT2D eigenvalue weighted by molar-refractivity contribution is -0.190. The fourth-order valence-corrected chi connectivity index (χ4v) is 5.30. The molecule has 3 atom stereocenters. The quantitative estimate of drug-likeness (QED) is 0.109. The summed E-state index contributed by atoms with van der Waals surface area (Å²) in [5.41, 5.74) is 8.40. The number of nitrogens with one attached hydrogen (secondary N) is 3. The minimum atomic E-state index is -0.970. The Morgan fingerprint density at radius 2 is 1.95 bits per heavy atom. The highest BCUT2D eigenvalue weighted by Gasteiger charge is 2.34. The summed E-state index contributed by atoms with van der Waals surface area (Å²) in [6.45, 7) is 12.2. The van der Waals surface area contributed by atoms with E-state index in [9.17, 15) is 19.8 Å². The largest absolute Gasteiger partial charge is 0.494 e. The molecule has 1 aromatic rings. The molecule has 12 nitrogen and oxygen atoms in total. The summed E-state index contributed by atoms with van der Waals surface area (Å²) in [5.74, 6) is 0.241. The molecule has 1 aromatic carbocycles. The molecule has 0 bridgehead atoms. The summed E-state index contributed by atoms with van der Waals surface area (Å²) in [6.07, 6.45) is -0.477. The predicted octanol–water partition coefficient (Wildman–Crippen LogP) is 1.74. The van der Waals surface area contributed by atoms with Crippen molar-refractivity contribution in [1.82, 2.24) is 15.5 Å². The Hall–Kier alpha value is -3.19. The Kier molecular flexibility index (Phi) is 13.0. The molecule has 0 aliphatic carbocycles. The van der Waals surface area contributed by atoms with Gasteiger partial charge in [0.2, 0.25) is 24.0 Å². The van der Waals surface area contributed by atoms with Gasteiger partial charge >= 0.3 is 0 Å². The van der Waals surface area contributed by atoms with Crippen LogP contribution in [-0.4, -0.2) is 96.3 Å². The third kappa shape index (κ3) is 10.2.